The van der Waals surface area contributed by atoms with E-state index in [1.165, 1.54) is 58.0 Å². The van der Waals surface area contributed by atoms with Crippen molar-refractivity contribution < 1.29 is 4.57 Å². The van der Waals surface area contributed by atoms with Crippen LogP contribution in [0.15, 0.2) is 103 Å². The van der Waals surface area contributed by atoms with Crippen molar-refractivity contribution in [2.75, 3.05) is 11.5 Å². The number of hydrogen-bond donors (Lipinski definition) is 0. The molecule has 0 bridgehead atoms. The SMILES string of the molecule is c1ccc(-c2cc(-c3ccccc3)[n+](C3CCSCC3)c(-c3ccccc3)c2)cc1. The molecule has 2 heterocycles. The Labute approximate surface area is 183 Å². The summed E-state index contributed by atoms with van der Waals surface area (Å²) >= 11 is 2.08. The highest BCUT2D eigenvalue weighted by Gasteiger charge is 2.31. The molecule has 1 aliphatic rings. The van der Waals surface area contributed by atoms with E-state index in [9.17, 15) is 0 Å². The van der Waals surface area contributed by atoms with Crippen molar-refractivity contribution in [2.45, 2.75) is 18.9 Å². The normalized spacial score (nSPS) is 14.5. The molecular weight excluding hydrogens is 382 g/mol. The summed E-state index contributed by atoms with van der Waals surface area (Å²) in [6.07, 6.45) is 2.44. The van der Waals surface area contributed by atoms with Gasteiger partial charge in [-0.2, -0.15) is 16.3 Å². The molecule has 1 saturated heterocycles. The Balaban J connectivity index is 1.80. The van der Waals surface area contributed by atoms with Crippen LogP contribution < -0.4 is 4.57 Å². The van der Waals surface area contributed by atoms with Crippen LogP contribution in [0, 0.1) is 0 Å². The Morgan fingerprint density at radius 2 is 0.967 bits per heavy atom. The van der Waals surface area contributed by atoms with Crippen LogP contribution in [0.4, 0.5) is 0 Å². The Kier molecular flexibility index (Phi) is 5.67. The van der Waals surface area contributed by atoms with E-state index in [1.807, 2.05) is 0 Å². The summed E-state index contributed by atoms with van der Waals surface area (Å²) in [5, 5.41) is 0. The first-order chi connectivity index (χ1) is 14.9. The molecule has 2 heteroatoms. The molecule has 0 spiro atoms. The van der Waals surface area contributed by atoms with Crippen LogP contribution in [0.2, 0.25) is 0 Å². The number of benzene rings is 3. The van der Waals surface area contributed by atoms with E-state index in [2.05, 4.69) is 119 Å². The molecule has 0 radical (unpaired) electrons. The van der Waals surface area contributed by atoms with Gasteiger partial charge in [0.2, 0.25) is 11.4 Å². The topological polar surface area (TPSA) is 3.88 Å². The predicted octanol–water partition coefficient (Wildman–Crippen LogP) is 7.04. The lowest BCUT2D eigenvalue weighted by Crippen LogP contribution is -2.45. The number of rotatable bonds is 4. The molecule has 1 nitrogen and oxygen atoms in total. The van der Waals surface area contributed by atoms with Gasteiger partial charge >= 0.3 is 0 Å². The highest BCUT2D eigenvalue weighted by molar-refractivity contribution is 7.99. The molecule has 3 aromatic carbocycles. The summed E-state index contributed by atoms with van der Waals surface area (Å²) in [6.45, 7) is 0. The summed E-state index contributed by atoms with van der Waals surface area (Å²) in [5.74, 6) is 2.47. The van der Waals surface area contributed by atoms with Gasteiger partial charge in [-0.25, -0.2) is 0 Å². The molecule has 0 atom stereocenters. The maximum absolute atomic E-state index is 2.62. The van der Waals surface area contributed by atoms with Crippen LogP contribution in [0.3, 0.4) is 0 Å². The minimum absolute atomic E-state index is 0.529. The standard InChI is InChI=1S/C28H26NS/c1-4-10-22(11-5-1)25-20-27(23-12-6-2-7-13-23)29(26-16-18-30-19-17-26)28(21-25)24-14-8-3-9-15-24/h1-15,20-21,26H,16-19H2/q+1. The number of hydrogen-bond acceptors (Lipinski definition) is 1. The summed E-state index contributed by atoms with van der Waals surface area (Å²) in [5.41, 5.74) is 7.73. The third-order valence-electron chi connectivity index (χ3n) is 5.91. The van der Waals surface area contributed by atoms with Gasteiger partial charge < -0.3 is 0 Å². The van der Waals surface area contributed by atoms with Gasteiger partial charge in [-0.3, -0.25) is 0 Å². The van der Waals surface area contributed by atoms with Gasteiger partial charge in [0.1, 0.15) is 0 Å². The maximum Gasteiger partial charge on any atom is 0.213 e. The number of pyridine rings is 1. The Bertz CT molecular complexity index is 1040. The first kappa shape index (κ1) is 19.1. The van der Waals surface area contributed by atoms with Gasteiger partial charge in [0.15, 0.2) is 6.04 Å². The van der Waals surface area contributed by atoms with Gasteiger partial charge in [0.25, 0.3) is 0 Å². The molecule has 1 aliphatic heterocycles. The van der Waals surface area contributed by atoms with Gasteiger partial charge in [-0.1, -0.05) is 66.7 Å². The van der Waals surface area contributed by atoms with Crippen LogP contribution >= 0.6 is 11.8 Å². The van der Waals surface area contributed by atoms with Crippen LogP contribution in [0.5, 0.6) is 0 Å². The molecular formula is C28H26NS+. The molecule has 30 heavy (non-hydrogen) atoms. The molecule has 0 amide bonds. The van der Waals surface area contributed by atoms with Crippen molar-refractivity contribution >= 4 is 11.8 Å². The molecule has 0 aliphatic carbocycles. The van der Waals surface area contributed by atoms with E-state index in [1.54, 1.807) is 0 Å². The average Bonchev–Trinajstić information content (AvgIpc) is 2.85. The van der Waals surface area contributed by atoms with E-state index >= 15 is 0 Å². The molecule has 0 N–H and O–H groups in total. The monoisotopic (exact) mass is 408 g/mol. The second-order valence-corrected chi connectivity index (χ2v) is 9.05. The van der Waals surface area contributed by atoms with E-state index < -0.39 is 0 Å². The Morgan fingerprint density at radius 1 is 0.533 bits per heavy atom. The molecule has 0 unspecified atom stereocenters. The zero-order valence-electron chi connectivity index (χ0n) is 17.1. The fourth-order valence-electron chi connectivity index (χ4n) is 4.40. The minimum Gasteiger partial charge on any atom is -0.189 e. The van der Waals surface area contributed by atoms with Crippen molar-refractivity contribution in [1.29, 1.82) is 0 Å². The maximum atomic E-state index is 2.62. The average molecular weight is 409 g/mol. The Hall–Kier alpha value is -2.84. The summed E-state index contributed by atoms with van der Waals surface area (Å²) in [7, 11) is 0. The van der Waals surface area contributed by atoms with Crippen LogP contribution in [-0.4, -0.2) is 11.5 Å². The highest BCUT2D eigenvalue weighted by atomic mass is 32.2. The second-order valence-electron chi connectivity index (χ2n) is 7.83. The van der Waals surface area contributed by atoms with Gasteiger partial charge in [-0.15, -0.1) is 0 Å². The molecule has 1 aromatic heterocycles. The van der Waals surface area contributed by atoms with Gasteiger partial charge in [0, 0.05) is 36.1 Å². The quantitative estimate of drug-likeness (QED) is 0.327. The third kappa shape index (κ3) is 3.93. The zero-order chi connectivity index (χ0) is 20.2. The molecule has 5 rings (SSSR count). The van der Waals surface area contributed by atoms with Crippen LogP contribution in [0.25, 0.3) is 33.6 Å². The van der Waals surface area contributed by atoms with Crippen LogP contribution in [-0.2, 0) is 0 Å². The van der Waals surface area contributed by atoms with E-state index in [0.717, 1.165) is 0 Å². The molecule has 148 valence electrons. The smallest absolute Gasteiger partial charge is 0.189 e. The predicted molar refractivity (Wildman–Crippen MR) is 129 cm³/mol. The number of aromatic nitrogens is 1. The van der Waals surface area contributed by atoms with E-state index in [4.69, 9.17) is 0 Å². The molecule has 1 fully saturated rings. The third-order valence-corrected chi connectivity index (χ3v) is 6.95. The number of nitrogens with zero attached hydrogens (tertiary/aromatic N) is 1. The van der Waals surface area contributed by atoms with E-state index in [0.29, 0.717) is 6.04 Å². The van der Waals surface area contributed by atoms with Crippen molar-refractivity contribution in [3.8, 4) is 33.6 Å². The van der Waals surface area contributed by atoms with Crippen molar-refractivity contribution in [3.63, 3.8) is 0 Å². The summed E-state index contributed by atoms with van der Waals surface area (Å²) in [6, 6.07) is 37.8. The zero-order valence-corrected chi connectivity index (χ0v) is 17.9. The Morgan fingerprint density at radius 3 is 1.43 bits per heavy atom. The fourth-order valence-corrected chi connectivity index (χ4v) is 5.48. The first-order valence-corrected chi connectivity index (χ1v) is 11.9. The first-order valence-electron chi connectivity index (χ1n) is 10.7. The number of thioether (sulfide) groups is 1. The van der Waals surface area contributed by atoms with Crippen molar-refractivity contribution in [3.05, 3.63) is 103 Å². The molecule has 0 saturated carbocycles. The fraction of sp³-hybridized carbons (Fsp3) is 0.179. The minimum atomic E-state index is 0.529. The van der Waals surface area contributed by atoms with E-state index in [-0.39, 0.29) is 0 Å². The highest BCUT2D eigenvalue weighted by Crippen LogP contribution is 2.33. The van der Waals surface area contributed by atoms with Gasteiger partial charge in [-0.05, 0) is 46.9 Å². The second kappa shape index (κ2) is 8.89. The summed E-state index contributed by atoms with van der Waals surface area (Å²) < 4.78 is 2.62. The lowest BCUT2D eigenvalue weighted by molar-refractivity contribution is -0.703. The van der Waals surface area contributed by atoms with Crippen LogP contribution in [0.1, 0.15) is 18.9 Å². The lowest BCUT2D eigenvalue weighted by Gasteiger charge is -2.22. The van der Waals surface area contributed by atoms with Gasteiger partial charge in [0.05, 0.1) is 0 Å². The largest absolute Gasteiger partial charge is 0.213 e. The lowest BCUT2D eigenvalue weighted by atomic mass is 9.97. The van der Waals surface area contributed by atoms with Crippen molar-refractivity contribution in [2.24, 2.45) is 0 Å². The molecule has 4 aromatic rings. The van der Waals surface area contributed by atoms with Crippen molar-refractivity contribution in [1.82, 2.24) is 0 Å². The summed E-state index contributed by atoms with van der Waals surface area (Å²) in [4.78, 5) is 0.